The molecule has 118 heavy (non-hydrogen) atoms. The number of aliphatic carboxylic acids is 1. The molecule has 12 atom stereocenters. The summed E-state index contributed by atoms with van der Waals surface area (Å²) in [4.78, 5) is 222. The van der Waals surface area contributed by atoms with Crippen LogP contribution in [-0.4, -0.2) is 298 Å². The predicted molar refractivity (Wildman–Crippen MR) is 428 cm³/mol. The molecule has 0 spiro atoms. The number of amides is 14. The highest BCUT2D eigenvalue weighted by Gasteiger charge is 2.44. The summed E-state index contributed by atoms with van der Waals surface area (Å²) in [6, 6.07) is 13.0. The number of nitrogens with two attached hydrogens (primary N) is 2. The number of hydrogen-bond acceptors (Lipinski definition) is 21. The Morgan fingerprint density at radius 3 is 1.81 bits per heavy atom. The van der Waals surface area contributed by atoms with Gasteiger partial charge in [-0.1, -0.05) is 105 Å². The number of aromatic nitrogens is 1. The number of benzene rings is 4. The van der Waals surface area contributed by atoms with Gasteiger partial charge < -0.3 is 115 Å². The summed E-state index contributed by atoms with van der Waals surface area (Å²) in [5.41, 5.74) is 13.8. The number of phenols is 1. The molecular weight excluding hydrogens is 1530 g/mol. The van der Waals surface area contributed by atoms with E-state index in [0.717, 1.165) is 19.6 Å². The van der Waals surface area contributed by atoms with E-state index in [9.17, 15) is 78.0 Å². The summed E-state index contributed by atoms with van der Waals surface area (Å²) < 4.78 is 0. The molecule has 1 aromatic heterocycles. The molecule has 2 aliphatic heterocycles. The van der Waals surface area contributed by atoms with Gasteiger partial charge in [-0.3, -0.25) is 82.2 Å². The monoisotopic (exact) mass is 1640 g/mol. The van der Waals surface area contributed by atoms with E-state index in [1.54, 1.807) is 91.1 Å². The maximum Gasteiger partial charge on any atom is 0.305 e. The molecule has 7 rings (SSSR count). The van der Waals surface area contributed by atoms with Crippen LogP contribution in [0.3, 0.4) is 0 Å². The van der Waals surface area contributed by atoms with Gasteiger partial charge in [-0.05, 0) is 92.4 Å². The Labute approximate surface area is 681 Å². The van der Waals surface area contributed by atoms with E-state index in [4.69, 9.17) is 16.9 Å². The third-order valence-corrected chi connectivity index (χ3v) is 20.4. The van der Waals surface area contributed by atoms with Crippen LogP contribution in [0.4, 0.5) is 0 Å². The summed E-state index contributed by atoms with van der Waals surface area (Å²) in [5.74, 6) is -16.1. The molecule has 21 N–H and O–H groups in total. The number of H-pyrrole nitrogens is 1. The number of para-hydroxylation sites is 1. The SMILES string of the molecule is CC(C)[C@@H]1NC(=O)[C@H](CC(=O)O)NC(=O)[C@H](C)N(C)C(O)[C@@H](Cc2c[nH]c3ccccc23)NC(=O)CNC[C@@H](C(=O)NCC(N)=O)NC(=O)[C@@H]2CCCN2C(=O)[C@H](Cc2ccccc2)N(C)C(=O)[C@H](Cc2ccc(O)cc2)NC(=O)CN(C)C(=O)[C@H](Cc2ccccc2)N(C)C(=O)[C@H](CCCNC(=N)N)NC(=O)CNC(=O)[C@H](CO)NC1=O. The van der Waals surface area contributed by atoms with Crippen LogP contribution in [-0.2, 0) is 97.6 Å². The first-order valence-electron chi connectivity index (χ1n) is 38.5. The van der Waals surface area contributed by atoms with Gasteiger partial charge in [0.1, 0.15) is 66.4 Å². The maximum atomic E-state index is 15.5. The molecule has 1 unspecified atom stereocenters. The van der Waals surface area contributed by atoms with E-state index in [1.807, 2.05) is 0 Å². The molecule has 0 radical (unpaired) electrons. The van der Waals surface area contributed by atoms with Crippen molar-refractivity contribution in [2.75, 3.05) is 80.6 Å². The van der Waals surface area contributed by atoms with E-state index in [0.29, 0.717) is 33.2 Å². The number of guanidine groups is 1. The fourth-order valence-electron chi connectivity index (χ4n) is 13.7. The Morgan fingerprint density at radius 2 is 1.19 bits per heavy atom. The van der Waals surface area contributed by atoms with Gasteiger partial charge in [0.05, 0.1) is 51.3 Å². The number of primary amides is 1. The van der Waals surface area contributed by atoms with E-state index in [2.05, 4.69) is 63.5 Å². The maximum absolute atomic E-state index is 15.5. The van der Waals surface area contributed by atoms with Gasteiger partial charge in [0.25, 0.3) is 0 Å². The summed E-state index contributed by atoms with van der Waals surface area (Å²) >= 11 is 0. The van der Waals surface area contributed by atoms with Crippen LogP contribution in [0.25, 0.3) is 10.9 Å². The number of carbonyl (C=O) groups is 15. The zero-order valence-electron chi connectivity index (χ0n) is 66.8. The number of aromatic hydroxyl groups is 1. The predicted octanol–water partition coefficient (Wildman–Crippen LogP) is -5.01. The fraction of sp³-hybridized carbons (Fsp3) is 0.468. The van der Waals surface area contributed by atoms with Crippen molar-refractivity contribution in [1.29, 1.82) is 5.41 Å². The van der Waals surface area contributed by atoms with Crippen LogP contribution in [0.1, 0.15) is 75.1 Å². The molecule has 4 aromatic carbocycles. The molecule has 0 aliphatic carbocycles. The Hall–Kier alpha value is -12.6. The lowest BCUT2D eigenvalue weighted by molar-refractivity contribution is -0.149. The number of likely N-dealkylation sites (N-methyl/N-ethyl adjacent to an activating group) is 4. The summed E-state index contributed by atoms with van der Waals surface area (Å²) in [5, 5.41) is 79.3. The third kappa shape index (κ3) is 27.0. The highest BCUT2D eigenvalue weighted by Crippen LogP contribution is 2.25. The number of nitrogens with zero attached hydrogens (tertiary/aromatic N) is 5. The lowest BCUT2D eigenvalue weighted by Gasteiger charge is -2.35. The molecule has 5 aromatic rings. The largest absolute Gasteiger partial charge is 0.508 e. The highest BCUT2D eigenvalue weighted by atomic mass is 16.4. The minimum atomic E-state index is -1.92. The molecule has 2 aliphatic rings. The summed E-state index contributed by atoms with van der Waals surface area (Å²) in [7, 11) is 5.19. The fourth-order valence-corrected chi connectivity index (χ4v) is 13.7. The normalized spacial score (nSPS) is 24.0. The van der Waals surface area contributed by atoms with Crippen molar-refractivity contribution >= 4 is 106 Å². The van der Waals surface area contributed by atoms with Crippen molar-refractivity contribution in [3.63, 3.8) is 0 Å². The number of carboxylic acids is 1. The van der Waals surface area contributed by atoms with Crippen molar-refractivity contribution in [2.24, 2.45) is 17.4 Å². The average Bonchev–Trinajstić information content (AvgIpc) is 1.45. The Kier molecular flexibility index (Phi) is 34.9. The molecule has 0 bridgehead atoms. The number of carboxylic acid groups (broad SMARTS) is 1. The number of aromatic amines is 1. The Bertz CT molecular complexity index is 4380. The molecule has 2 fully saturated rings. The Balaban J connectivity index is 1.26. The smallest absolute Gasteiger partial charge is 0.305 e. The molecule has 3 heterocycles. The highest BCUT2D eigenvalue weighted by molar-refractivity contribution is 6.00. The first-order chi connectivity index (χ1) is 56.0. The number of carbonyl (C=O) groups excluding carboxylic acids is 14. The number of hydrogen-bond donors (Lipinski definition) is 19. The number of phenolic OH excluding ortho intramolecular Hbond substituents is 1. The standard InChI is InChI=1S/C79H108N20O19/c1-44(2)67-73(113)93-58(43-100)70(110)87-41-64(104)88-53(24-16-30-84-79(81)82)74(114)97(6)60(33-46-18-10-8-11-19-46)77(117)95(4)42-65(105)90-55(32-48-26-28-50(101)29-27-48)76(116)98(7)61(34-47-20-12-9-13-21-47)78(118)99-31-17-25-59(99)72(112)92-57(69(109)86-39-62(80)102)38-83-40-63(103)89-56(35-49-37-85-52-23-15-14-22-51(49)52)75(115)96(5)45(3)68(108)91-54(36-66(106)107)71(111)94-67/h8-15,18-23,26-29,37,44-45,53-61,67,75,83,85,100-101,115H,16-17,24-25,30-36,38-43H2,1-7H3,(H2,80,102)(H,86,109)(H,87,110)(H,88,104)(H,89,103)(H,90,105)(H,91,108)(H,92,112)(H,93,113)(H,94,111)(H,106,107)(H4,81,82,84)/t45-,53-,54-,55-,56+,57-,58-,59-,60-,61-,67-,75?/m0/s1. The molecule has 0 saturated carbocycles. The van der Waals surface area contributed by atoms with Crippen LogP contribution in [0.2, 0.25) is 0 Å². The molecular formula is C79H108N20O19. The second kappa shape index (κ2) is 44.5. The number of fused-ring (bicyclic) bond motifs is 2. The summed E-state index contributed by atoms with van der Waals surface area (Å²) in [6.07, 6.45) is -1.71. The first-order valence-corrected chi connectivity index (χ1v) is 38.5. The van der Waals surface area contributed by atoms with Crippen LogP contribution in [0.15, 0.2) is 115 Å². The lowest BCUT2D eigenvalue weighted by atomic mass is 10.00. The molecule has 39 nitrogen and oxygen atoms in total. The second-order valence-corrected chi connectivity index (χ2v) is 29.5. The zero-order valence-corrected chi connectivity index (χ0v) is 66.8. The third-order valence-electron chi connectivity index (χ3n) is 20.4. The van der Waals surface area contributed by atoms with Crippen LogP contribution >= 0.6 is 0 Å². The van der Waals surface area contributed by atoms with Crippen molar-refractivity contribution in [3.05, 3.63) is 138 Å². The van der Waals surface area contributed by atoms with Gasteiger partial charge in [-0.2, -0.15) is 0 Å². The number of rotatable bonds is 19. The second-order valence-electron chi connectivity index (χ2n) is 29.5. The van der Waals surface area contributed by atoms with Crippen molar-refractivity contribution in [2.45, 2.75) is 151 Å². The number of aliphatic hydroxyl groups excluding tert-OH is 2. The van der Waals surface area contributed by atoms with Gasteiger partial charge in [0.2, 0.25) is 82.7 Å². The van der Waals surface area contributed by atoms with E-state index < -0.39 is 219 Å². The van der Waals surface area contributed by atoms with E-state index >= 15 is 14.4 Å². The quantitative estimate of drug-likeness (QED) is 0.0209. The zero-order chi connectivity index (χ0) is 86.6. The molecule has 638 valence electrons. The van der Waals surface area contributed by atoms with Gasteiger partial charge >= 0.3 is 5.97 Å². The molecule has 14 amide bonds. The van der Waals surface area contributed by atoms with Crippen LogP contribution in [0, 0.1) is 11.3 Å². The lowest BCUT2D eigenvalue weighted by Crippen LogP contribution is -2.61. The van der Waals surface area contributed by atoms with Gasteiger partial charge in [-0.15, -0.1) is 0 Å². The number of nitrogens with one attached hydrogen (secondary N) is 13. The van der Waals surface area contributed by atoms with Crippen LogP contribution < -0.4 is 70.0 Å². The topological polar surface area (TPSA) is 577 Å². The molecule has 2 saturated heterocycles. The average molecular weight is 1640 g/mol. The first kappa shape index (κ1) is 92.6. The number of aliphatic hydroxyl groups is 2. The van der Waals surface area contributed by atoms with Crippen molar-refractivity contribution < 1.29 is 92.3 Å². The minimum absolute atomic E-state index is 0.0146. The van der Waals surface area contributed by atoms with Crippen molar-refractivity contribution in [3.8, 4) is 5.75 Å². The minimum Gasteiger partial charge on any atom is -0.508 e. The van der Waals surface area contributed by atoms with Crippen molar-refractivity contribution in [1.82, 2.24) is 88.0 Å². The Morgan fingerprint density at radius 1 is 0.610 bits per heavy atom. The summed E-state index contributed by atoms with van der Waals surface area (Å²) in [6.45, 7) is -0.348. The van der Waals surface area contributed by atoms with E-state index in [1.165, 1.54) is 78.1 Å². The van der Waals surface area contributed by atoms with Gasteiger partial charge in [0.15, 0.2) is 5.96 Å². The van der Waals surface area contributed by atoms with Crippen LogP contribution in [0.5, 0.6) is 5.75 Å². The van der Waals surface area contributed by atoms with E-state index in [-0.39, 0.29) is 70.2 Å². The van der Waals surface area contributed by atoms with Gasteiger partial charge in [0, 0.05) is 77.1 Å². The molecule has 39 heteroatoms. The van der Waals surface area contributed by atoms with Gasteiger partial charge in [-0.25, -0.2) is 0 Å².